The van der Waals surface area contributed by atoms with Crippen molar-refractivity contribution < 1.29 is 18.7 Å². The largest absolute Gasteiger partial charge is 0.497 e. The maximum Gasteiger partial charge on any atom is 0.249 e. The van der Waals surface area contributed by atoms with Crippen LogP contribution in [0.1, 0.15) is 25.3 Å². The normalized spacial score (nSPS) is 20.8. The smallest absolute Gasteiger partial charge is 0.249 e. The van der Waals surface area contributed by atoms with Gasteiger partial charge in [-0.1, -0.05) is 18.2 Å². The third-order valence-corrected chi connectivity index (χ3v) is 5.84. The Morgan fingerprint density at radius 3 is 2.50 bits per heavy atom. The summed E-state index contributed by atoms with van der Waals surface area (Å²) < 4.78 is 18.5. The fourth-order valence-electron chi connectivity index (χ4n) is 3.98. The van der Waals surface area contributed by atoms with Gasteiger partial charge in [0.15, 0.2) is 0 Å². The molecular formula is C22H23FN2O3. The summed E-state index contributed by atoms with van der Waals surface area (Å²) in [4.78, 5) is 29.7. The van der Waals surface area contributed by atoms with Gasteiger partial charge in [0, 0.05) is 24.8 Å². The van der Waals surface area contributed by atoms with Crippen LogP contribution < -0.4 is 9.64 Å². The number of amides is 2. The molecule has 5 nitrogen and oxygen atoms in total. The molecule has 0 aromatic heterocycles. The van der Waals surface area contributed by atoms with E-state index in [2.05, 4.69) is 0 Å². The molecule has 1 aliphatic heterocycles. The second kappa shape index (κ2) is 6.93. The molecule has 28 heavy (non-hydrogen) atoms. The van der Waals surface area contributed by atoms with Crippen LogP contribution in [0.2, 0.25) is 0 Å². The molecule has 0 bridgehead atoms. The fraction of sp³-hybridized carbons (Fsp3) is 0.364. The Morgan fingerprint density at radius 1 is 1.14 bits per heavy atom. The topological polar surface area (TPSA) is 49.9 Å². The summed E-state index contributed by atoms with van der Waals surface area (Å²) in [5, 5.41) is 0. The number of ether oxygens (including phenoxy) is 1. The fourth-order valence-corrected chi connectivity index (χ4v) is 3.98. The van der Waals surface area contributed by atoms with E-state index in [1.807, 2.05) is 24.3 Å². The van der Waals surface area contributed by atoms with Crippen LogP contribution in [0.25, 0.3) is 0 Å². The monoisotopic (exact) mass is 382 g/mol. The first-order chi connectivity index (χ1) is 13.5. The van der Waals surface area contributed by atoms with Crippen LogP contribution >= 0.6 is 0 Å². The van der Waals surface area contributed by atoms with Gasteiger partial charge < -0.3 is 14.5 Å². The summed E-state index contributed by atoms with van der Waals surface area (Å²) in [7, 11) is 1.59. The number of rotatable bonds is 4. The Balaban J connectivity index is 1.54. The molecule has 2 fully saturated rings. The van der Waals surface area contributed by atoms with Gasteiger partial charge in [-0.15, -0.1) is 0 Å². The Labute approximate surface area is 163 Å². The molecule has 0 radical (unpaired) electrons. The molecule has 1 aliphatic carbocycles. The molecule has 0 unspecified atom stereocenters. The van der Waals surface area contributed by atoms with Crippen molar-refractivity contribution in [3.63, 3.8) is 0 Å². The number of nitrogens with zero attached hydrogens (tertiary/aromatic N) is 2. The maximum absolute atomic E-state index is 13.3. The molecule has 0 N–H and O–H groups in total. The lowest BCUT2D eigenvalue weighted by atomic mass is 9.93. The van der Waals surface area contributed by atoms with Gasteiger partial charge in [-0.25, -0.2) is 4.39 Å². The highest BCUT2D eigenvalue weighted by Crippen LogP contribution is 2.50. The number of carbonyl (C=O) groups is 2. The Bertz CT molecular complexity index is 908. The molecule has 2 aliphatic rings. The van der Waals surface area contributed by atoms with E-state index in [0.29, 0.717) is 18.8 Å². The third kappa shape index (κ3) is 3.03. The molecule has 2 amide bonds. The van der Waals surface area contributed by atoms with Crippen molar-refractivity contribution in [3.05, 3.63) is 59.9 Å². The number of hydrogen-bond acceptors (Lipinski definition) is 3. The summed E-state index contributed by atoms with van der Waals surface area (Å²) in [6.45, 7) is 2.67. The summed E-state index contributed by atoms with van der Waals surface area (Å²) in [5.41, 5.74) is 0.983. The van der Waals surface area contributed by atoms with Gasteiger partial charge in [-0.05, 0) is 49.6 Å². The summed E-state index contributed by atoms with van der Waals surface area (Å²) >= 11 is 0. The average molecular weight is 382 g/mol. The van der Waals surface area contributed by atoms with Crippen molar-refractivity contribution in [2.45, 2.75) is 31.2 Å². The highest BCUT2D eigenvalue weighted by atomic mass is 19.1. The van der Waals surface area contributed by atoms with E-state index in [-0.39, 0.29) is 17.6 Å². The lowest BCUT2D eigenvalue weighted by Gasteiger charge is -2.40. The lowest BCUT2D eigenvalue weighted by molar-refractivity contribution is -0.142. The summed E-state index contributed by atoms with van der Waals surface area (Å²) in [6, 6.07) is 12.9. The van der Waals surface area contributed by atoms with E-state index in [4.69, 9.17) is 4.74 Å². The third-order valence-electron chi connectivity index (χ3n) is 5.84. The van der Waals surface area contributed by atoms with Gasteiger partial charge in [0.2, 0.25) is 11.8 Å². The molecule has 146 valence electrons. The summed E-state index contributed by atoms with van der Waals surface area (Å²) in [5.74, 6) is 0.222. The van der Waals surface area contributed by atoms with Crippen molar-refractivity contribution in [2.75, 3.05) is 25.1 Å². The first-order valence-corrected chi connectivity index (χ1v) is 9.49. The number of hydrogen-bond donors (Lipinski definition) is 0. The number of anilines is 1. The minimum absolute atomic E-state index is 0.0368. The highest BCUT2D eigenvalue weighted by molar-refractivity contribution is 6.02. The first kappa shape index (κ1) is 18.5. The van der Waals surface area contributed by atoms with E-state index in [1.54, 1.807) is 36.0 Å². The molecule has 1 heterocycles. The van der Waals surface area contributed by atoms with Gasteiger partial charge in [-0.3, -0.25) is 9.59 Å². The molecule has 1 atom stereocenters. The van der Waals surface area contributed by atoms with Gasteiger partial charge in [0.25, 0.3) is 0 Å². The number of carbonyl (C=O) groups excluding carboxylic acids is 2. The van der Waals surface area contributed by atoms with Crippen molar-refractivity contribution in [3.8, 4) is 5.75 Å². The van der Waals surface area contributed by atoms with E-state index in [0.717, 1.165) is 24.1 Å². The van der Waals surface area contributed by atoms with Crippen molar-refractivity contribution in [1.29, 1.82) is 0 Å². The standard InChI is InChI=1S/C22H23FN2O3/c1-15-20(26)25(18-4-3-5-19(14-18)28-2)13-12-24(15)21(27)22(10-11-22)16-6-8-17(23)9-7-16/h3-9,14-15H,10-13H2,1-2H3/t15-/m1/s1. The molecule has 6 heteroatoms. The quantitative estimate of drug-likeness (QED) is 0.816. The van der Waals surface area contributed by atoms with Crippen LogP contribution in [0.3, 0.4) is 0 Å². The number of piperazine rings is 1. The Morgan fingerprint density at radius 2 is 1.86 bits per heavy atom. The van der Waals surface area contributed by atoms with Crippen molar-refractivity contribution in [2.24, 2.45) is 0 Å². The molecule has 1 saturated heterocycles. The Hall–Kier alpha value is -2.89. The average Bonchev–Trinajstić information content (AvgIpc) is 3.52. The highest BCUT2D eigenvalue weighted by Gasteiger charge is 2.54. The first-order valence-electron chi connectivity index (χ1n) is 9.49. The molecular weight excluding hydrogens is 359 g/mol. The predicted octanol–water partition coefficient (Wildman–Crippen LogP) is 3.13. The van der Waals surface area contributed by atoms with Crippen molar-refractivity contribution in [1.82, 2.24) is 4.90 Å². The van der Waals surface area contributed by atoms with E-state index in [1.165, 1.54) is 12.1 Å². The van der Waals surface area contributed by atoms with Gasteiger partial charge in [0.05, 0.1) is 12.5 Å². The molecule has 0 spiro atoms. The van der Waals surface area contributed by atoms with Gasteiger partial charge >= 0.3 is 0 Å². The zero-order chi connectivity index (χ0) is 19.9. The van der Waals surface area contributed by atoms with Crippen LogP contribution in [0.5, 0.6) is 5.75 Å². The Kier molecular flexibility index (Phi) is 4.57. The van der Waals surface area contributed by atoms with Crippen molar-refractivity contribution >= 4 is 17.5 Å². The zero-order valence-electron chi connectivity index (χ0n) is 16.0. The lowest BCUT2D eigenvalue weighted by Crippen LogP contribution is -2.59. The molecule has 1 saturated carbocycles. The van der Waals surface area contributed by atoms with Crippen LogP contribution in [-0.2, 0) is 15.0 Å². The van der Waals surface area contributed by atoms with Gasteiger partial charge in [-0.2, -0.15) is 0 Å². The molecule has 2 aromatic rings. The number of benzene rings is 2. The minimum Gasteiger partial charge on any atom is -0.497 e. The second-order valence-corrected chi connectivity index (χ2v) is 7.45. The zero-order valence-corrected chi connectivity index (χ0v) is 16.0. The van der Waals surface area contributed by atoms with Gasteiger partial charge in [0.1, 0.15) is 17.6 Å². The van der Waals surface area contributed by atoms with Crippen LogP contribution in [0.15, 0.2) is 48.5 Å². The van der Waals surface area contributed by atoms with E-state index >= 15 is 0 Å². The van der Waals surface area contributed by atoms with Crippen LogP contribution in [-0.4, -0.2) is 43.0 Å². The van der Waals surface area contributed by atoms with E-state index < -0.39 is 11.5 Å². The SMILES string of the molecule is COc1cccc(N2CCN(C(=O)C3(c4ccc(F)cc4)CC3)[C@H](C)C2=O)c1. The second-order valence-electron chi connectivity index (χ2n) is 7.45. The molecule has 2 aromatic carbocycles. The molecule has 4 rings (SSSR count). The number of halogens is 1. The summed E-state index contributed by atoms with van der Waals surface area (Å²) in [6.07, 6.45) is 1.46. The van der Waals surface area contributed by atoms with Crippen LogP contribution in [0, 0.1) is 5.82 Å². The predicted molar refractivity (Wildman–Crippen MR) is 104 cm³/mol. The van der Waals surface area contributed by atoms with Crippen LogP contribution in [0.4, 0.5) is 10.1 Å². The maximum atomic E-state index is 13.3. The van der Waals surface area contributed by atoms with E-state index in [9.17, 15) is 14.0 Å². The minimum atomic E-state index is -0.611. The number of methoxy groups -OCH3 is 1.